The maximum absolute atomic E-state index is 10.8. The van der Waals surface area contributed by atoms with Crippen LogP contribution in [0, 0.1) is 17.0 Å². The summed E-state index contributed by atoms with van der Waals surface area (Å²) >= 11 is 5.44. The van der Waals surface area contributed by atoms with Crippen molar-refractivity contribution in [2.45, 2.75) is 6.92 Å². The van der Waals surface area contributed by atoms with Crippen LogP contribution in [0.1, 0.15) is 5.56 Å². The first kappa shape index (κ1) is 12.5. The molecule has 86 valence electrons. The Morgan fingerprint density at radius 2 is 2.25 bits per heavy atom. The van der Waals surface area contributed by atoms with Gasteiger partial charge in [0.2, 0.25) is 0 Å². The van der Waals surface area contributed by atoms with Crippen molar-refractivity contribution >= 4 is 17.3 Å². The monoisotopic (exact) mass is 241 g/mol. The zero-order chi connectivity index (χ0) is 12.0. The molecule has 0 bridgehead atoms. The zero-order valence-electron chi connectivity index (χ0n) is 8.85. The second-order valence-corrected chi connectivity index (χ2v) is 3.42. The van der Waals surface area contributed by atoms with Crippen LogP contribution in [0.4, 0.5) is 5.69 Å². The molecule has 0 radical (unpaired) electrons. The summed E-state index contributed by atoms with van der Waals surface area (Å²) in [7, 11) is 0. The fourth-order valence-electron chi connectivity index (χ4n) is 1.25. The number of hydrogen-bond acceptors (Lipinski definition) is 3. The number of nitro benzene ring substituents is 1. The standard InChI is InChI=1S/C11H12ClNO3/c1-9-5-4-6-10(11(9)13(14)15)16-8-3-2-7-12/h2-6H,7-8H2,1H3. The number of ether oxygens (including phenoxy) is 1. The highest BCUT2D eigenvalue weighted by Gasteiger charge is 2.17. The largest absolute Gasteiger partial charge is 0.483 e. The summed E-state index contributed by atoms with van der Waals surface area (Å²) in [5, 5.41) is 10.8. The molecule has 0 unspecified atom stereocenters. The van der Waals surface area contributed by atoms with E-state index in [-0.39, 0.29) is 18.0 Å². The highest BCUT2D eigenvalue weighted by molar-refractivity contribution is 6.18. The van der Waals surface area contributed by atoms with E-state index in [1.807, 2.05) is 0 Å². The predicted octanol–water partition coefficient (Wildman–Crippen LogP) is 3.08. The first-order valence-corrected chi connectivity index (χ1v) is 5.28. The maximum Gasteiger partial charge on any atom is 0.313 e. The van der Waals surface area contributed by atoms with Crippen molar-refractivity contribution in [1.29, 1.82) is 0 Å². The van der Waals surface area contributed by atoms with E-state index >= 15 is 0 Å². The van der Waals surface area contributed by atoms with Crippen LogP contribution in [0.15, 0.2) is 30.4 Å². The molecule has 0 heterocycles. The molecule has 1 aromatic rings. The van der Waals surface area contributed by atoms with Crippen molar-refractivity contribution in [3.05, 3.63) is 46.0 Å². The third-order valence-corrected chi connectivity index (χ3v) is 2.15. The van der Waals surface area contributed by atoms with E-state index in [0.29, 0.717) is 11.4 Å². The van der Waals surface area contributed by atoms with Crippen molar-refractivity contribution in [2.75, 3.05) is 12.5 Å². The minimum Gasteiger partial charge on any atom is -0.483 e. The lowest BCUT2D eigenvalue weighted by atomic mass is 10.2. The average molecular weight is 242 g/mol. The molecular formula is C11H12ClNO3. The SMILES string of the molecule is Cc1cccc(OCC=CCCl)c1[N+](=O)[O-]. The highest BCUT2D eigenvalue weighted by atomic mass is 35.5. The van der Waals surface area contributed by atoms with Gasteiger partial charge in [-0.1, -0.05) is 24.3 Å². The minimum atomic E-state index is -0.435. The van der Waals surface area contributed by atoms with Crippen LogP contribution >= 0.6 is 11.6 Å². The van der Waals surface area contributed by atoms with Crippen LogP contribution in [0.5, 0.6) is 5.75 Å². The van der Waals surface area contributed by atoms with Crippen LogP contribution in [0.25, 0.3) is 0 Å². The number of halogens is 1. The average Bonchev–Trinajstić information content (AvgIpc) is 2.24. The number of nitro groups is 1. The van der Waals surface area contributed by atoms with Gasteiger partial charge in [-0.2, -0.15) is 0 Å². The van der Waals surface area contributed by atoms with E-state index in [0.717, 1.165) is 0 Å². The van der Waals surface area contributed by atoms with Gasteiger partial charge in [0.15, 0.2) is 5.75 Å². The lowest BCUT2D eigenvalue weighted by molar-refractivity contribution is -0.386. The van der Waals surface area contributed by atoms with Crippen LogP contribution in [-0.4, -0.2) is 17.4 Å². The number of nitrogens with zero attached hydrogens (tertiary/aromatic N) is 1. The molecule has 4 nitrogen and oxygen atoms in total. The summed E-state index contributed by atoms with van der Waals surface area (Å²) in [6.45, 7) is 1.95. The van der Waals surface area contributed by atoms with Crippen molar-refractivity contribution in [3.8, 4) is 5.75 Å². The molecule has 0 aliphatic carbocycles. The van der Waals surface area contributed by atoms with Crippen LogP contribution in [0.3, 0.4) is 0 Å². The third kappa shape index (κ3) is 3.24. The molecule has 0 fully saturated rings. The van der Waals surface area contributed by atoms with Gasteiger partial charge < -0.3 is 4.74 Å². The van der Waals surface area contributed by atoms with E-state index in [4.69, 9.17) is 16.3 Å². The Labute approximate surface area is 98.6 Å². The van der Waals surface area contributed by atoms with Gasteiger partial charge >= 0.3 is 5.69 Å². The second kappa shape index (κ2) is 6.12. The van der Waals surface area contributed by atoms with Gasteiger partial charge in [-0.15, -0.1) is 11.6 Å². The molecular weight excluding hydrogens is 230 g/mol. The van der Waals surface area contributed by atoms with Gasteiger partial charge in [0.1, 0.15) is 6.61 Å². The van der Waals surface area contributed by atoms with Crippen molar-refractivity contribution in [3.63, 3.8) is 0 Å². The fourth-order valence-corrected chi connectivity index (χ4v) is 1.38. The molecule has 0 saturated carbocycles. The van der Waals surface area contributed by atoms with Gasteiger partial charge in [-0.3, -0.25) is 10.1 Å². The van der Waals surface area contributed by atoms with E-state index in [9.17, 15) is 10.1 Å². The Kier molecular flexibility index (Phi) is 4.79. The summed E-state index contributed by atoms with van der Waals surface area (Å²) in [5.41, 5.74) is 0.602. The Morgan fingerprint density at radius 3 is 2.88 bits per heavy atom. The quantitative estimate of drug-likeness (QED) is 0.345. The number of rotatable bonds is 5. The summed E-state index contributed by atoms with van der Waals surface area (Å²) in [6, 6.07) is 4.99. The first-order chi connectivity index (χ1) is 7.66. The number of benzene rings is 1. The topological polar surface area (TPSA) is 52.4 Å². The molecule has 0 N–H and O–H groups in total. The minimum absolute atomic E-state index is 0.0155. The highest BCUT2D eigenvalue weighted by Crippen LogP contribution is 2.29. The lowest BCUT2D eigenvalue weighted by Gasteiger charge is -2.05. The maximum atomic E-state index is 10.8. The summed E-state index contributed by atoms with van der Waals surface area (Å²) in [4.78, 5) is 10.4. The van der Waals surface area contributed by atoms with E-state index in [1.165, 1.54) is 0 Å². The molecule has 1 aromatic carbocycles. The molecule has 0 atom stereocenters. The Bertz CT molecular complexity index is 404. The lowest BCUT2D eigenvalue weighted by Crippen LogP contribution is -1.99. The van der Waals surface area contributed by atoms with E-state index < -0.39 is 4.92 Å². The number of alkyl halides is 1. The summed E-state index contributed by atoms with van der Waals surface area (Å²) < 4.78 is 5.29. The molecule has 0 aliphatic heterocycles. The summed E-state index contributed by atoms with van der Waals surface area (Å²) in [5.74, 6) is 0.684. The molecule has 0 saturated heterocycles. The number of allylic oxidation sites excluding steroid dienone is 1. The zero-order valence-corrected chi connectivity index (χ0v) is 9.61. The molecule has 16 heavy (non-hydrogen) atoms. The Morgan fingerprint density at radius 1 is 1.50 bits per heavy atom. The Hall–Kier alpha value is -1.55. The van der Waals surface area contributed by atoms with Crippen molar-refractivity contribution in [1.82, 2.24) is 0 Å². The van der Waals surface area contributed by atoms with Gasteiger partial charge in [0, 0.05) is 11.4 Å². The molecule has 0 aromatic heterocycles. The molecule has 1 rings (SSSR count). The third-order valence-electron chi connectivity index (χ3n) is 1.97. The normalized spacial score (nSPS) is 10.6. The number of aryl methyl sites for hydroxylation is 1. The van der Waals surface area contributed by atoms with E-state index in [2.05, 4.69) is 0 Å². The molecule has 0 amide bonds. The number of hydrogen-bond donors (Lipinski definition) is 0. The van der Waals surface area contributed by atoms with Crippen LogP contribution < -0.4 is 4.74 Å². The van der Waals surface area contributed by atoms with Gasteiger partial charge in [-0.25, -0.2) is 0 Å². The van der Waals surface area contributed by atoms with Gasteiger partial charge in [0.25, 0.3) is 0 Å². The van der Waals surface area contributed by atoms with Crippen molar-refractivity contribution < 1.29 is 9.66 Å². The Balaban J connectivity index is 2.83. The fraction of sp³-hybridized carbons (Fsp3) is 0.273. The molecule has 5 heteroatoms. The van der Waals surface area contributed by atoms with E-state index in [1.54, 1.807) is 37.3 Å². The molecule has 0 aliphatic rings. The summed E-state index contributed by atoms with van der Waals surface area (Å²) in [6.07, 6.45) is 3.45. The predicted molar refractivity (Wildman–Crippen MR) is 63.2 cm³/mol. The van der Waals surface area contributed by atoms with Gasteiger partial charge in [-0.05, 0) is 13.0 Å². The second-order valence-electron chi connectivity index (χ2n) is 3.12. The first-order valence-electron chi connectivity index (χ1n) is 4.74. The number of para-hydroxylation sites is 1. The van der Waals surface area contributed by atoms with Crippen LogP contribution in [-0.2, 0) is 0 Å². The smallest absolute Gasteiger partial charge is 0.313 e. The van der Waals surface area contributed by atoms with Crippen LogP contribution in [0.2, 0.25) is 0 Å². The van der Waals surface area contributed by atoms with Gasteiger partial charge in [0.05, 0.1) is 4.92 Å². The van der Waals surface area contributed by atoms with Crippen molar-refractivity contribution in [2.24, 2.45) is 0 Å². The molecule has 0 spiro atoms.